The number of benzene rings is 2. The maximum atomic E-state index is 5.97. The number of rotatable bonds is 14. The van der Waals surface area contributed by atoms with Gasteiger partial charge in [-0.2, -0.15) is 0 Å². The molecule has 6 nitrogen and oxygen atoms in total. The van der Waals surface area contributed by atoms with E-state index in [0.29, 0.717) is 67.3 Å². The van der Waals surface area contributed by atoms with E-state index in [2.05, 4.69) is 13.2 Å². The van der Waals surface area contributed by atoms with Crippen molar-refractivity contribution in [3.05, 3.63) is 61.1 Å². The first-order chi connectivity index (χ1) is 15.1. The molecule has 0 saturated carbocycles. The molecule has 0 bridgehead atoms. The first kappa shape index (κ1) is 24.0. The molecule has 0 amide bonds. The van der Waals surface area contributed by atoms with Crippen LogP contribution in [0, 0.1) is 0 Å². The van der Waals surface area contributed by atoms with Gasteiger partial charge in [-0.25, -0.2) is 0 Å². The van der Waals surface area contributed by atoms with Crippen LogP contribution in [0.5, 0.6) is 34.5 Å². The van der Waals surface area contributed by atoms with Crippen molar-refractivity contribution in [2.75, 3.05) is 26.4 Å². The Morgan fingerprint density at radius 2 is 0.935 bits per heavy atom. The molecule has 0 fully saturated rings. The smallest absolute Gasteiger partial charge is 0.204 e. The summed E-state index contributed by atoms with van der Waals surface area (Å²) in [6, 6.07) is 7.61. The summed E-state index contributed by atoms with van der Waals surface area (Å²) in [7, 11) is 0. The van der Waals surface area contributed by atoms with Gasteiger partial charge >= 0.3 is 0 Å². The van der Waals surface area contributed by atoms with Crippen molar-refractivity contribution in [1.82, 2.24) is 0 Å². The summed E-state index contributed by atoms with van der Waals surface area (Å²) in [6.45, 7) is 16.9. The van der Waals surface area contributed by atoms with Gasteiger partial charge in [0.25, 0.3) is 0 Å². The second kappa shape index (κ2) is 12.4. The second-order valence-electron chi connectivity index (χ2n) is 6.24. The molecule has 6 heteroatoms. The third-order valence-corrected chi connectivity index (χ3v) is 4.27. The van der Waals surface area contributed by atoms with E-state index in [-0.39, 0.29) is 0 Å². The average Bonchev–Trinajstić information content (AvgIpc) is 2.76. The lowest BCUT2D eigenvalue weighted by molar-refractivity contribution is 0.272. The molecule has 2 aromatic carbocycles. The van der Waals surface area contributed by atoms with E-state index in [1.165, 1.54) is 12.5 Å². The topological polar surface area (TPSA) is 55.4 Å². The molecule has 0 atom stereocenters. The Hall–Kier alpha value is -3.28. The highest BCUT2D eigenvalue weighted by atomic mass is 16.5. The molecule has 0 aliphatic carbocycles. The predicted molar refractivity (Wildman–Crippen MR) is 122 cm³/mol. The molecule has 0 unspecified atom stereocenters. The van der Waals surface area contributed by atoms with Crippen molar-refractivity contribution in [2.24, 2.45) is 0 Å². The maximum absolute atomic E-state index is 5.97. The SMILES string of the molecule is C=COc1ccc(Cc2ccc(OC=C)c(OCC)c2OCC)c(OCC)c1OCC. The molecule has 0 spiro atoms. The van der Waals surface area contributed by atoms with Gasteiger partial charge in [0.2, 0.25) is 11.5 Å². The van der Waals surface area contributed by atoms with Crippen molar-refractivity contribution < 1.29 is 28.4 Å². The van der Waals surface area contributed by atoms with E-state index in [1.807, 2.05) is 52.0 Å². The highest BCUT2D eigenvalue weighted by molar-refractivity contribution is 5.61. The van der Waals surface area contributed by atoms with Crippen LogP contribution in [0.1, 0.15) is 38.8 Å². The highest BCUT2D eigenvalue weighted by Gasteiger charge is 2.22. The molecule has 0 N–H and O–H groups in total. The minimum absolute atomic E-state index is 0.475. The van der Waals surface area contributed by atoms with Gasteiger partial charge in [-0.3, -0.25) is 0 Å². The number of ether oxygens (including phenoxy) is 6. The Labute approximate surface area is 185 Å². The van der Waals surface area contributed by atoms with Crippen LogP contribution in [-0.4, -0.2) is 26.4 Å². The van der Waals surface area contributed by atoms with Crippen LogP contribution in [0.15, 0.2) is 49.9 Å². The van der Waals surface area contributed by atoms with E-state index in [4.69, 9.17) is 28.4 Å². The fourth-order valence-electron chi connectivity index (χ4n) is 3.19. The van der Waals surface area contributed by atoms with Crippen molar-refractivity contribution in [2.45, 2.75) is 34.1 Å². The zero-order chi connectivity index (χ0) is 22.6. The third-order valence-electron chi connectivity index (χ3n) is 4.27. The summed E-state index contributed by atoms with van der Waals surface area (Å²) in [6.07, 6.45) is 3.27. The van der Waals surface area contributed by atoms with E-state index in [1.54, 1.807) is 0 Å². The zero-order valence-electron chi connectivity index (χ0n) is 18.9. The van der Waals surface area contributed by atoms with Gasteiger partial charge < -0.3 is 28.4 Å². The fraction of sp³-hybridized carbons (Fsp3) is 0.360. The number of hydrogen-bond donors (Lipinski definition) is 0. The lowest BCUT2D eigenvalue weighted by Gasteiger charge is -2.20. The molecule has 0 aliphatic heterocycles. The molecular weight excluding hydrogens is 396 g/mol. The molecule has 0 aromatic heterocycles. The van der Waals surface area contributed by atoms with E-state index < -0.39 is 0 Å². The predicted octanol–water partition coefficient (Wildman–Crippen LogP) is 5.92. The van der Waals surface area contributed by atoms with Crippen LogP contribution in [-0.2, 0) is 6.42 Å². The number of hydrogen-bond acceptors (Lipinski definition) is 6. The van der Waals surface area contributed by atoms with Gasteiger partial charge in [-0.15, -0.1) is 0 Å². The molecule has 0 radical (unpaired) electrons. The summed E-state index contributed by atoms with van der Waals surface area (Å²) in [5.74, 6) is 3.48. The molecule has 0 heterocycles. The van der Waals surface area contributed by atoms with Crippen molar-refractivity contribution in [3.63, 3.8) is 0 Å². The van der Waals surface area contributed by atoms with Crippen LogP contribution in [0.3, 0.4) is 0 Å². The van der Waals surface area contributed by atoms with Gasteiger partial charge in [-0.1, -0.05) is 25.3 Å². The molecule has 2 rings (SSSR count). The summed E-state index contributed by atoms with van der Waals surface area (Å²) < 4.78 is 34.7. The van der Waals surface area contributed by atoms with Gasteiger partial charge in [0.15, 0.2) is 23.0 Å². The van der Waals surface area contributed by atoms with Gasteiger partial charge in [0, 0.05) is 17.5 Å². The normalized spacial score (nSPS) is 10.2. The van der Waals surface area contributed by atoms with Crippen molar-refractivity contribution in [3.8, 4) is 34.5 Å². The Morgan fingerprint density at radius 1 is 0.581 bits per heavy atom. The van der Waals surface area contributed by atoms with Crippen molar-refractivity contribution >= 4 is 0 Å². The van der Waals surface area contributed by atoms with Crippen LogP contribution in [0.4, 0.5) is 0 Å². The first-order valence-corrected chi connectivity index (χ1v) is 10.5. The molecule has 31 heavy (non-hydrogen) atoms. The van der Waals surface area contributed by atoms with Gasteiger partial charge in [0.05, 0.1) is 39.0 Å². The second-order valence-corrected chi connectivity index (χ2v) is 6.24. The lowest BCUT2D eigenvalue weighted by Crippen LogP contribution is -2.06. The standard InChI is InChI=1S/C25H32O6/c1-7-26-20-15-13-18(22(28-9-3)24(20)30-11-5)17-19-14-16-21(27-8-2)25(31-12-6)23(19)29-10-4/h7-8,13-16H,1-2,9-12,17H2,3-6H3. The van der Waals surface area contributed by atoms with Crippen molar-refractivity contribution in [1.29, 1.82) is 0 Å². The Balaban J connectivity index is 2.60. The Bertz CT molecular complexity index is 803. The van der Waals surface area contributed by atoms with Crippen LogP contribution < -0.4 is 28.4 Å². The molecular formula is C25H32O6. The largest absolute Gasteiger partial charge is 0.490 e. The molecule has 168 valence electrons. The monoisotopic (exact) mass is 428 g/mol. The van der Waals surface area contributed by atoms with Crippen LogP contribution >= 0.6 is 0 Å². The quantitative estimate of drug-likeness (QED) is 0.348. The minimum atomic E-state index is 0.475. The van der Waals surface area contributed by atoms with E-state index >= 15 is 0 Å². The van der Waals surface area contributed by atoms with Crippen LogP contribution in [0.2, 0.25) is 0 Å². The van der Waals surface area contributed by atoms with Crippen LogP contribution in [0.25, 0.3) is 0 Å². The molecule has 2 aromatic rings. The Morgan fingerprint density at radius 3 is 1.26 bits per heavy atom. The first-order valence-electron chi connectivity index (χ1n) is 10.5. The maximum Gasteiger partial charge on any atom is 0.204 e. The fourth-order valence-corrected chi connectivity index (χ4v) is 3.19. The Kier molecular flexibility index (Phi) is 9.62. The van der Waals surface area contributed by atoms with Gasteiger partial charge in [0.1, 0.15) is 0 Å². The third kappa shape index (κ3) is 5.87. The molecule has 0 saturated heterocycles. The average molecular weight is 429 g/mol. The van der Waals surface area contributed by atoms with E-state index in [9.17, 15) is 0 Å². The zero-order valence-corrected chi connectivity index (χ0v) is 18.9. The van der Waals surface area contributed by atoms with Gasteiger partial charge in [-0.05, 0) is 39.8 Å². The summed E-state index contributed by atoms with van der Waals surface area (Å²) in [4.78, 5) is 0. The molecule has 0 aliphatic rings. The minimum Gasteiger partial charge on any atom is -0.490 e. The summed E-state index contributed by atoms with van der Waals surface area (Å²) >= 11 is 0. The van der Waals surface area contributed by atoms with E-state index in [0.717, 1.165) is 11.1 Å². The summed E-state index contributed by atoms with van der Waals surface area (Å²) in [5.41, 5.74) is 1.87. The summed E-state index contributed by atoms with van der Waals surface area (Å²) in [5, 5.41) is 0. The lowest BCUT2D eigenvalue weighted by atomic mass is 10.0. The highest BCUT2D eigenvalue weighted by Crippen LogP contribution is 2.45.